The van der Waals surface area contributed by atoms with Crippen molar-refractivity contribution in [2.75, 3.05) is 0 Å². The van der Waals surface area contributed by atoms with Crippen LogP contribution >= 0.6 is 0 Å². The molecule has 3 nitrogen and oxygen atoms in total. The topological polar surface area (TPSA) is 41.6 Å². The lowest BCUT2D eigenvalue weighted by Crippen LogP contribution is -1.84. The Morgan fingerprint density at radius 3 is 2.28 bits per heavy atom. The van der Waals surface area contributed by atoms with Gasteiger partial charge in [-0.1, -0.05) is 30.3 Å². The van der Waals surface area contributed by atoms with Crippen LogP contribution in [0.1, 0.15) is 5.69 Å². The molecule has 0 aliphatic carbocycles. The summed E-state index contributed by atoms with van der Waals surface area (Å²) in [6, 6.07) is 14.2. The summed E-state index contributed by atoms with van der Waals surface area (Å²) < 4.78 is 0. The van der Waals surface area contributed by atoms with Gasteiger partial charge in [0.15, 0.2) is 0 Å². The van der Waals surface area contributed by atoms with Crippen molar-refractivity contribution in [1.29, 1.82) is 0 Å². The first kappa shape index (κ1) is 10.7. The van der Waals surface area contributed by atoms with Crippen molar-refractivity contribution < 1.29 is 0 Å². The van der Waals surface area contributed by atoms with E-state index in [-0.39, 0.29) is 0 Å². The number of hydrogen-bond acceptors (Lipinski definition) is 2. The molecule has 2 heterocycles. The minimum Gasteiger partial charge on any atom is -0.342 e. The highest BCUT2D eigenvalue weighted by atomic mass is 14.9. The van der Waals surface area contributed by atoms with E-state index in [1.807, 2.05) is 31.3 Å². The molecule has 3 heteroatoms. The summed E-state index contributed by atoms with van der Waals surface area (Å²) in [7, 11) is 0. The molecule has 1 aromatic carbocycles. The van der Waals surface area contributed by atoms with E-state index in [2.05, 4.69) is 39.2 Å². The van der Waals surface area contributed by atoms with E-state index < -0.39 is 0 Å². The quantitative estimate of drug-likeness (QED) is 0.739. The van der Waals surface area contributed by atoms with Crippen molar-refractivity contribution >= 4 is 0 Å². The molecule has 0 unspecified atom stereocenters. The molecule has 3 aromatic rings. The van der Waals surface area contributed by atoms with Crippen LogP contribution in [0.25, 0.3) is 22.6 Å². The summed E-state index contributed by atoms with van der Waals surface area (Å²) in [5, 5.41) is 0. The number of rotatable bonds is 2. The van der Waals surface area contributed by atoms with Gasteiger partial charge in [-0.05, 0) is 19.1 Å². The van der Waals surface area contributed by atoms with E-state index in [1.54, 1.807) is 6.20 Å². The number of aryl methyl sites for hydroxylation is 1. The molecular formula is C15H13N3. The van der Waals surface area contributed by atoms with Crippen LogP contribution in [-0.4, -0.2) is 15.0 Å². The predicted octanol–water partition coefficient (Wildman–Crippen LogP) is 3.45. The van der Waals surface area contributed by atoms with Crippen molar-refractivity contribution in [3.8, 4) is 22.6 Å². The first-order chi connectivity index (χ1) is 8.83. The normalized spacial score (nSPS) is 10.5. The van der Waals surface area contributed by atoms with E-state index >= 15 is 0 Å². The molecule has 3 rings (SSSR count). The Kier molecular flexibility index (Phi) is 2.65. The number of H-pyrrole nitrogens is 1. The van der Waals surface area contributed by atoms with Crippen LogP contribution in [-0.2, 0) is 0 Å². The molecule has 0 bridgehead atoms. The van der Waals surface area contributed by atoms with Crippen LogP contribution in [0, 0.1) is 6.92 Å². The molecule has 0 atom stereocenters. The molecule has 18 heavy (non-hydrogen) atoms. The van der Waals surface area contributed by atoms with Crippen molar-refractivity contribution in [1.82, 2.24) is 15.0 Å². The number of imidazole rings is 1. The fourth-order valence-electron chi connectivity index (χ4n) is 1.89. The monoisotopic (exact) mass is 235 g/mol. The highest BCUT2D eigenvalue weighted by Crippen LogP contribution is 2.21. The second kappa shape index (κ2) is 4.45. The van der Waals surface area contributed by atoms with Crippen LogP contribution in [0.3, 0.4) is 0 Å². The van der Waals surface area contributed by atoms with E-state index in [0.717, 1.165) is 28.3 Å². The van der Waals surface area contributed by atoms with Crippen LogP contribution in [0.5, 0.6) is 0 Å². The molecule has 88 valence electrons. The summed E-state index contributed by atoms with van der Waals surface area (Å²) in [5.74, 6) is 0.903. The zero-order valence-corrected chi connectivity index (χ0v) is 10.1. The zero-order chi connectivity index (χ0) is 12.4. The van der Waals surface area contributed by atoms with Gasteiger partial charge in [0, 0.05) is 29.2 Å². The van der Waals surface area contributed by atoms with Gasteiger partial charge in [0.25, 0.3) is 0 Å². The SMILES string of the molecule is Cc1cnc(-c2ccc(-c3ccccn3)cc2)[nH]1. The van der Waals surface area contributed by atoms with Crippen LogP contribution in [0.4, 0.5) is 0 Å². The molecule has 0 spiro atoms. The summed E-state index contributed by atoms with van der Waals surface area (Å²) >= 11 is 0. The molecule has 0 aliphatic heterocycles. The Hall–Kier alpha value is -2.42. The van der Waals surface area contributed by atoms with Gasteiger partial charge >= 0.3 is 0 Å². The lowest BCUT2D eigenvalue weighted by molar-refractivity contribution is 1.25. The van der Waals surface area contributed by atoms with E-state index in [4.69, 9.17) is 0 Å². The summed E-state index contributed by atoms with van der Waals surface area (Å²) in [4.78, 5) is 11.9. The molecular weight excluding hydrogens is 222 g/mol. The highest BCUT2D eigenvalue weighted by Gasteiger charge is 2.02. The summed E-state index contributed by atoms with van der Waals surface area (Å²) in [6.45, 7) is 2.00. The maximum atomic E-state index is 4.33. The van der Waals surface area contributed by atoms with Crippen LogP contribution in [0.2, 0.25) is 0 Å². The Morgan fingerprint density at radius 2 is 1.67 bits per heavy atom. The number of aromatic amines is 1. The number of pyridine rings is 1. The van der Waals surface area contributed by atoms with Gasteiger partial charge in [-0.25, -0.2) is 4.98 Å². The van der Waals surface area contributed by atoms with Gasteiger partial charge in [-0.3, -0.25) is 4.98 Å². The fraction of sp³-hybridized carbons (Fsp3) is 0.0667. The van der Waals surface area contributed by atoms with Gasteiger partial charge in [0.1, 0.15) is 5.82 Å². The Labute approximate surface area is 106 Å². The number of aromatic nitrogens is 3. The molecule has 1 N–H and O–H groups in total. The van der Waals surface area contributed by atoms with Crippen molar-refractivity contribution in [3.05, 3.63) is 60.6 Å². The molecule has 0 saturated heterocycles. The molecule has 0 fully saturated rings. The van der Waals surface area contributed by atoms with E-state index in [0.29, 0.717) is 0 Å². The Bertz CT molecular complexity index is 639. The minimum atomic E-state index is 0.903. The standard InChI is InChI=1S/C15H13N3/c1-11-10-17-15(18-11)13-7-5-12(6-8-13)14-4-2-3-9-16-14/h2-10H,1H3,(H,17,18). The largest absolute Gasteiger partial charge is 0.342 e. The van der Waals surface area contributed by atoms with Crippen molar-refractivity contribution in [2.45, 2.75) is 6.92 Å². The highest BCUT2D eigenvalue weighted by molar-refractivity contribution is 5.65. The van der Waals surface area contributed by atoms with Gasteiger partial charge in [0.2, 0.25) is 0 Å². The maximum absolute atomic E-state index is 4.33. The van der Waals surface area contributed by atoms with Gasteiger partial charge < -0.3 is 4.98 Å². The van der Waals surface area contributed by atoms with E-state index in [1.165, 1.54) is 0 Å². The molecule has 2 aromatic heterocycles. The number of nitrogens with zero attached hydrogens (tertiary/aromatic N) is 2. The molecule has 0 amide bonds. The van der Waals surface area contributed by atoms with Crippen molar-refractivity contribution in [2.24, 2.45) is 0 Å². The number of hydrogen-bond donors (Lipinski definition) is 1. The van der Waals surface area contributed by atoms with Crippen LogP contribution < -0.4 is 0 Å². The average molecular weight is 235 g/mol. The molecule has 0 aliphatic rings. The lowest BCUT2D eigenvalue weighted by Gasteiger charge is -2.01. The lowest BCUT2D eigenvalue weighted by atomic mass is 10.1. The minimum absolute atomic E-state index is 0.903. The Morgan fingerprint density at radius 1 is 0.889 bits per heavy atom. The van der Waals surface area contributed by atoms with Gasteiger partial charge in [-0.2, -0.15) is 0 Å². The first-order valence-electron chi connectivity index (χ1n) is 5.86. The van der Waals surface area contributed by atoms with Gasteiger partial charge in [-0.15, -0.1) is 0 Å². The third kappa shape index (κ3) is 2.02. The third-order valence-electron chi connectivity index (χ3n) is 2.82. The smallest absolute Gasteiger partial charge is 0.137 e. The van der Waals surface area contributed by atoms with Gasteiger partial charge in [0.05, 0.1) is 5.69 Å². The Balaban J connectivity index is 1.94. The summed E-state index contributed by atoms with van der Waals surface area (Å²) in [5.41, 5.74) is 4.25. The summed E-state index contributed by atoms with van der Waals surface area (Å²) in [6.07, 6.45) is 3.64. The predicted molar refractivity (Wildman–Crippen MR) is 72.0 cm³/mol. The van der Waals surface area contributed by atoms with E-state index in [9.17, 15) is 0 Å². The third-order valence-corrected chi connectivity index (χ3v) is 2.82. The first-order valence-corrected chi connectivity index (χ1v) is 5.86. The molecule has 0 radical (unpaired) electrons. The maximum Gasteiger partial charge on any atom is 0.137 e. The second-order valence-electron chi connectivity index (χ2n) is 4.21. The van der Waals surface area contributed by atoms with Crippen LogP contribution in [0.15, 0.2) is 54.9 Å². The number of benzene rings is 1. The number of nitrogens with one attached hydrogen (secondary N) is 1. The van der Waals surface area contributed by atoms with Crippen molar-refractivity contribution in [3.63, 3.8) is 0 Å². The zero-order valence-electron chi connectivity index (χ0n) is 10.1. The average Bonchev–Trinajstić information content (AvgIpc) is 2.87. The molecule has 0 saturated carbocycles. The second-order valence-corrected chi connectivity index (χ2v) is 4.21. The fourth-order valence-corrected chi connectivity index (χ4v) is 1.89.